The zero-order valence-corrected chi connectivity index (χ0v) is 9.04. The summed E-state index contributed by atoms with van der Waals surface area (Å²) in [4.78, 5) is 19.1. The first-order chi connectivity index (χ1) is 6.17. The maximum absolute atomic E-state index is 10.2. The lowest BCUT2D eigenvalue weighted by Gasteiger charge is -2.25. The standard InChI is InChI=1S/C6H10O2Si.C3H2O.H2O/c1-9(4-7)6-3-2-5(6)8;1-2-3-4;/h4-5,8H,2-3H2,1H3;1H2;1H2/b9-6+;;. The van der Waals surface area contributed by atoms with Crippen LogP contribution in [0.2, 0.25) is 6.55 Å². The number of hydrogen-bond acceptors (Lipinski definition) is 3. The second kappa shape index (κ2) is 8.50. The highest BCUT2D eigenvalue weighted by molar-refractivity contribution is 6.91. The maximum Gasteiger partial charge on any atom is 0.176 e. The van der Waals surface area contributed by atoms with Crippen LogP contribution in [0.3, 0.4) is 0 Å². The zero-order valence-electron chi connectivity index (χ0n) is 8.04. The lowest BCUT2D eigenvalue weighted by molar-refractivity contribution is 0.207. The fourth-order valence-corrected chi connectivity index (χ4v) is 2.31. The summed E-state index contributed by atoms with van der Waals surface area (Å²) in [5.41, 5.74) is 1.88. The monoisotopic (exact) mass is 214 g/mol. The fraction of sp³-hybridized carbons (Fsp3) is 0.444. The van der Waals surface area contributed by atoms with Crippen LogP contribution in [-0.2, 0) is 9.59 Å². The molecule has 0 aromatic rings. The van der Waals surface area contributed by atoms with E-state index in [-0.39, 0.29) is 11.6 Å². The largest absolute Gasteiger partial charge is 0.412 e. The van der Waals surface area contributed by atoms with Gasteiger partial charge in [-0.25, -0.2) is 4.79 Å². The third-order valence-electron chi connectivity index (χ3n) is 1.84. The molecule has 0 aromatic heterocycles. The summed E-state index contributed by atoms with van der Waals surface area (Å²) in [5, 5.41) is 10.1. The summed E-state index contributed by atoms with van der Waals surface area (Å²) in [7, 11) is -0.933. The molecule has 14 heavy (non-hydrogen) atoms. The van der Waals surface area contributed by atoms with Gasteiger partial charge in [0, 0.05) is 0 Å². The van der Waals surface area contributed by atoms with E-state index in [1.807, 2.05) is 12.3 Å². The Morgan fingerprint density at radius 1 is 1.71 bits per heavy atom. The van der Waals surface area contributed by atoms with Crippen LogP contribution in [-0.4, -0.2) is 42.1 Å². The molecule has 0 heterocycles. The molecular formula is C9H14O4Si. The van der Waals surface area contributed by atoms with Gasteiger partial charge in [0.25, 0.3) is 0 Å². The van der Waals surface area contributed by atoms with E-state index in [1.165, 1.54) is 5.94 Å². The van der Waals surface area contributed by atoms with Crippen molar-refractivity contribution in [3.05, 3.63) is 12.3 Å². The van der Waals surface area contributed by atoms with E-state index in [0.717, 1.165) is 23.9 Å². The van der Waals surface area contributed by atoms with Gasteiger partial charge in [-0.3, -0.25) is 0 Å². The smallest absolute Gasteiger partial charge is 0.176 e. The molecule has 0 amide bonds. The summed E-state index contributed by atoms with van der Waals surface area (Å²) in [6.45, 7) is 4.86. The maximum atomic E-state index is 10.2. The minimum atomic E-state index is -0.933. The van der Waals surface area contributed by atoms with Crippen molar-refractivity contribution in [1.29, 1.82) is 0 Å². The summed E-state index contributed by atoms with van der Waals surface area (Å²) in [6, 6.07) is 0. The predicted molar refractivity (Wildman–Crippen MR) is 57.1 cm³/mol. The number of rotatable bonds is 1. The molecular weight excluding hydrogens is 200 g/mol. The third kappa shape index (κ3) is 4.82. The molecule has 0 radical (unpaired) electrons. The molecule has 0 bridgehead atoms. The highest BCUT2D eigenvalue weighted by Gasteiger charge is 2.22. The van der Waals surface area contributed by atoms with Crippen LogP contribution in [0, 0.1) is 0 Å². The first kappa shape index (κ1) is 15.4. The van der Waals surface area contributed by atoms with Gasteiger partial charge in [0.2, 0.25) is 0 Å². The van der Waals surface area contributed by atoms with Crippen molar-refractivity contribution in [2.24, 2.45) is 0 Å². The highest BCUT2D eigenvalue weighted by Crippen LogP contribution is 2.14. The van der Waals surface area contributed by atoms with Crippen molar-refractivity contribution in [2.75, 3.05) is 0 Å². The van der Waals surface area contributed by atoms with Crippen LogP contribution in [0.1, 0.15) is 12.8 Å². The summed E-state index contributed by atoms with van der Waals surface area (Å²) in [5.74, 6) is 2.31. The van der Waals surface area contributed by atoms with Gasteiger partial charge in [-0.1, -0.05) is 5.17 Å². The molecule has 0 spiro atoms. The van der Waals surface area contributed by atoms with Crippen molar-refractivity contribution in [3.8, 4) is 0 Å². The van der Waals surface area contributed by atoms with Crippen molar-refractivity contribution < 1.29 is 20.2 Å². The first-order valence-electron chi connectivity index (χ1n) is 3.89. The predicted octanol–water partition coefficient (Wildman–Crippen LogP) is -0.874. The van der Waals surface area contributed by atoms with Gasteiger partial charge in [-0.2, -0.15) is 0 Å². The fourth-order valence-electron chi connectivity index (χ4n) is 0.953. The Kier molecular flexibility index (Phi) is 9.34. The number of carbonyl (C=O) groups is 1. The second-order valence-corrected chi connectivity index (χ2v) is 4.90. The number of aliphatic hydroxyl groups excluding tert-OH is 1. The lowest BCUT2D eigenvalue weighted by Crippen LogP contribution is -2.37. The Hall–Kier alpha value is -1.09. The topological polar surface area (TPSA) is 85.9 Å². The quantitative estimate of drug-likeness (QED) is 0.266. The molecule has 3 N–H and O–H groups in total. The minimum absolute atomic E-state index is 0. The van der Waals surface area contributed by atoms with Crippen LogP contribution in [0.15, 0.2) is 12.3 Å². The summed E-state index contributed by atoms with van der Waals surface area (Å²) in [6.07, 6.45) is 1.60. The zero-order chi connectivity index (χ0) is 10.3. The average molecular weight is 214 g/mol. The molecule has 1 aliphatic carbocycles. The van der Waals surface area contributed by atoms with E-state index in [0.29, 0.717) is 0 Å². The van der Waals surface area contributed by atoms with Gasteiger partial charge in [0.05, 0.1) is 14.5 Å². The van der Waals surface area contributed by atoms with Crippen molar-refractivity contribution in [1.82, 2.24) is 0 Å². The molecule has 0 aromatic carbocycles. The Morgan fingerprint density at radius 3 is 2.29 bits per heavy atom. The van der Waals surface area contributed by atoms with E-state index in [2.05, 4.69) is 6.58 Å². The summed E-state index contributed by atoms with van der Waals surface area (Å²) >= 11 is 0. The van der Waals surface area contributed by atoms with E-state index < -0.39 is 8.41 Å². The molecule has 0 saturated heterocycles. The Labute approximate surface area is 84.1 Å². The van der Waals surface area contributed by atoms with E-state index in [4.69, 9.17) is 9.90 Å². The van der Waals surface area contributed by atoms with Crippen LogP contribution >= 0.6 is 0 Å². The molecule has 1 saturated carbocycles. The van der Waals surface area contributed by atoms with Gasteiger partial charge in [0.1, 0.15) is 5.91 Å². The van der Waals surface area contributed by atoms with Crippen LogP contribution in [0.4, 0.5) is 0 Å². The molecule has 1 unspecified atom stereocenters. The molecule has 1 aliphatic rings. The van der Waals surface area contributed by atoms with Crippen molar-refractivity contribution >= 4 is 25.4 Å². The number of hydrogen-bond donors (Lipinski definition) is 1. The molecule has 1 fully saturated rings. The van der Waals surface area contributed by atoms with Crippen LogP contribution < -0.4 is 0 Å². The van der Waals surface area contributed by atoms with E-state index in [1.54, 1.807) is 0 Å². The van der Waals surface area contributed by atoms with Crippen molar-refractivity contribution in [2.45, 2.75) is 25.5 Å². The molecule has 5 heteroatoms. The normalized spacial score (nSPS) is 20.9. The van der Waals surface area contributed by atoms with E-state index in [9.17, 15) is 4.79 Å². The number of aliphatic hydroxyl groups is 1. The third-order valence-corrected chi connectivity index (χ3v) is 3.79. The SMILES string of the molecule is C/[Si](C=O)=C1/CCC1O.C=C=C=O.O. The second-order valence-electron chi connectivity index (χ2n) is 2.66. The molecule has 78 valence electrons. The summed E-state index contributed by atoms with van der Waals surface area (Å²) < 4.78 is 0. The van der Waals surface area contributed by atoms with Gasteiger partial charge in [-0.05, 0) is 31.7 Å². The lowest BCUT2D eigenvalue weighted by atomic mass is 9.96. The van der Waals surface area contributed by atoms with Gasteiger partial charge in [0.15, 0.2) is 5.94 Å². The highest BCUT2D eigenvalue weighted by atomic mass is 28.2. The first-order valence-corrected chi connectivity index (χ1v) is 5.97. The van der Waals surface area contributed by atoms with Gasteiger partial charge < -0.3 is 15.4 Å². The molecule has 1 rings (SSSR count). The van der Waals surface area contributed by atoms with E-state index >= 15 is 0 Å². The Balaban J connectivity index is 0. The Bertz CT molecular complexity index is 275. The minimum Gasteiger partial charge on any atom is -0.412 e. The van der Waals surface area contributed by atoms with Crippen molar-refractivity contribution in [3.63, 3.8) is 0 Å². The molecule has 0 aliphatic heterocycles. The molecule has 1 atom stereocenters. The van der Waals surface area contributed by atoms with Crippen LogP contribution in [0.5, 0.6) is 0 Å². The van der Waals surface area contributed by atoms with Crippen LogP contribution in [0.25, 0.3) is 0 Å². The molecule has 4 nitrogen and oxygen atoms in total. The van der Waals surface area contributed by atoms with Gasteiger partial charge >= 0.3 is 0 Å². The average Bonchev–Trinajstić information content (AvgIpc) is 2.15. The number of carbonyl (C=O) groups excluding carboxylic acids is 2. The van der Waals surface area contributed by atoms with Gasteiger partial charge in [-0.15, -0.1) is 0 Å². The Morgan fingerprint density at radius 2 is 2.21 bits per heavy atom.